The van der Waals surface area contributed by atoms with Gasteiger partial charge in [-0.25, -0.2) is 5.53 Å². The SMILES string of the molecule is N=Nc1ccc(N2Cc3cc(Cl)cc(Cl)c3OC2=S)cc1N. The summed E-state index contributed by atoms with van der Waals surface area (Å²) in [7, 11) is 0. The molecule has 112 valence electrons. The Hall–Kier alpha value is -1.89. The van der Waals surface area contributed by atoms with Crippen LogP contribution in [-0.4, -0.2) is 5.17 Å². The number of anilines is 2. The number of halogens is 2. The van der Waals surface area contributed by atoms with Gasteiger partial charge in [0.2, 0.25) is 0 Å². The van der Waals surface area contributed by atoms with Crippen LogP contribution in [0.2, 0.25) is 10.0 Å². The van der Waals surface area contributed by atoms with Crippen molar-refractivity contribution in [3.05, 3.63) is 45.9 Å². The molecular weight excluding hydrogens is 343 g/mol. The fraction of sp³-hybridized carbons (Fsp3) is 0.0714. The molecule has 22 heavy (non-hydrogen) atoms. The molecule has 0 spiro atoms. The molecule has 1 aliphatic heterocycles. The van der Waals surface area contributed by atoms with E-state index in [1.807, 2.05) is 0 Å². The van der Waals surface area contributed by atoms with Gasteiger partial charge < -0.3 is 10.5 Å². The fourth-order valence-corrected chi connectivity index (χ4v) is 3.06. The zero-order valence-electron chi connectivity index (χ0n) is 11.1. The standard InChI is InChI=1S/C14H10Cl2N4OS/c15-8-3-7-6-20(14(22)21-13(7)10(16)4-8)9-1-2-12(19-18)11(17)5-9/h1-5,18H,6,17H2. The van der Waals surface area contributed by atoms with Crippen molar-refractivity contribution in [2.45, 2.75) is 6.54 Å². The third-order valence-corrected chi connectivity index (χ3v) is 4.07. The van der Waals surface area contributed by atoms with Gasteiger partial charge in [0.25, 0.3) is 5.17 Å². The van der Waals surface area contributed by atoms with Crippen molar-refractivity contribution in [1.29, 1.82) is 5.53 Å². The summed E-state index contributed by atoms with van der Waals surface area (Å²) in [6, 6.07) is 8.52. The second kappa shape index (κ2) is 5.72. The average molecular weight is 353 g/mol. The second-order valence-electron chi connectivity index (χ2n) is 4.68. The first-order valence-corrected chi connectivity index (χ1v) is 7.40. The van der Waals surface area contributed by atoms with Gasteiger partial charge in [0.05, 0.1) is 17.3 Å². The van der Waals surface area contributed by atoms with E-state index in [0.29, 0.717) is 33.7 Å². The maximum atomic E-state index is 7.03. The molecule has 2 aromatic rings. The molecule has 0 unspecified atom stereocenters. The van der Waals surface area contributed by atoms with Crippen LogP contribution in [0.4, 0.5) is 17.1 Å². The molecule has 1 heterocycles. The highest BCUT2D eigenvalue weighted by Gasteiger charge is 2.26. The quantitative estimate of drug-likeness (QED) is 0.456. The zero-order chi connectivity index (χ0) is 15.9. The number of thiocarbonyl (C=S) groups is 1. The summed E-state index contributed by atoms with van der Waals surface area (Å²) in [5.74, 6) is 0.526. The van der Waals surface area contributed by atoms with Crippen LogP contribution in [0.25, 0.3) is 0 Å². The number of rotatable bonds is 2. The molecule has 0 fully saturated rings. The highest BCUT2D eigenvalue weighted by atomic mass is 35.5. The van der Waals surface area contributed by atoms with Gasteiger partial charge >= 0.3 is 0 Å². The molecule has 0 saturated heterocycles. The summed E-state index contributed by atoms with van der Waals surface area (Å²) in [5, 5.41) is 4.57. The predicted molar refractivity (Wildman–Crippen MR) is 91.5 cm³/mol. The molecular formula is C14H10Cl2N4OS. The normalized spacial score (nSPS) is 13.5. The molecule has 0 radical (unpaired) electrons. The number of ether oxygens (including phenoxy) is 1. The lowest BCUT2D eigenvalue weighted by atomic mass is 10.1. The lowest BCUT2D eigenvalue weighted by Crippen LogP contribution is -2.36. The van der Waals surface area contributed by atoms with Gasteiger partial charge in [0, 0.05) is 16.3 Å². The molecule has 3 N–H and O–H groups in total. The van der Waals surface area contributed by atoms with E-state index < -0.39 is 0 Å². The van der Waals surface area contributed by atoms with Crippen molar-refractivity contribution >= 4 is 57.7 Å². The number of nitrogens with one attached hydrogen (secondary N) is 1. The Morgan fingerprint density at radius 3 is 2.73 bits per heavy atom. The maximum absolute atomic E-state index is 7.03. The largest absolute Gasteiger partial charge is 0.430 e. The first-order valence-electron chi connectivity index (χ1n) is 6.24. The zero-order valence-corrected chi connectivity index (χ0v) is 13.5. The molecule has 0 aromatic heterocycles. The van der Waals surface area contributed by atoms with Gasteiger partial charge in [-0.05, 0) is 42.5 Å². The highest BCUT2D eigenvalue weighted by Crippen LogP contribution is 2.38. The van der Waals surface area contributed by atoms with Crippen LogP contribution in [0.5, 0.6) is 5.75 Å². The van der Waals surface area contributed by atoms with Crippen LogP contribution in [0.15, 0.2) is 35.4 Å². The molecule has 0 atom stereocenters. The monoisotopic (exact) mass is 352 g/mol. The minimum Gasteiger partial charge on any atom is -0.430 e. The van der Waals surface area contributed by atoms with Gasteiger partial charge in [0.1, 0.15) is 5.69 Å². The number of nitrogens with two attached hydrogens (primary N) is 1. The van der Waals surface area contributed by atoms with Gasteiger partial charge in [-0.2, -0.15) is 5.11 Å². The molecule has 0 saturated carbocycles. The van der Waals surface area contributed by atoms with Crippen molar-refractivity contribution in [3.63, 3.8) is 0 Å². The Kier molecular flexibility index (Phi) is 3.90. The Morgan fingerprint density at radius 1 is 1.27 bits per heavy atom. The van der Waals surface area contributed by atoms with Crippen LogP contribution in [-0.2, 0) is 6.54 Å². The highest BCUT2D eigenvalue weighted by molar-refractivity contribution is 7.80. The Labute approximate surface area is 142 Å². The molecule has 0 bridgehead atoms. The molecule has 1 aliphatic rings. The molecule has 0 aliphatic carbocycles. The van der Waals surface area contributed by atoms with Crippen LogP contribution < -0.4 is 15.4 Å². The van der Waals surface area contributed by atoms with Crippen molar-refractivity contribution in [1.82, 2.24) is 0 Å². The smallest absolute Gasteiger partial charge is 0.269 e. The minimum atomic E-state index is 0.270. The molecule has 5 nitrogen and oxygen atoms in total. The van der Waals surface area contributed by atoms with Crippen molar-refractivity contribution in [3.8, 4) is 5.75 Å². The van der Waals surface area contributed by atoms with Crippen LogP contribution in [0.3, 0.4) is 0 Å². The van der Waals surface area contributed by atoms with Crippen molar-refractivity contribution in [2.75, 3.05) is 10.6 Å². The lowest BCUT2D eigenvalue weighted by Gasteiger charge is -2.31. The maximum Gasteiger partial charge on any atom is 0.269 e. The van der Waals surface area contributed by atoms with Gasteiger partial charge in [-0.15, -0.1) is 0 Å². The molecule has 3 rings (SSSR count). The second-order valence-corrected chi connectivity index (χ2v) is 5.88. The number of nitrogens with zero attached hydrogens (tertiary/aromatic N) is 2. The van der Waals surface area contributed by atoms with Gasteiger partial charge in [-0.1, -0.05) is 23.2 Å². The molecule has 0 amide bonds. The fourth-order valence-electron chi connectivity index (χ4n) is 2.23. The summed E-state index contributed by atoms with van der Waals surface area (Å²) in [6.45, 7) is 0.464. The van der Waals surface area contributed by atoms with Gasteiger partial charge in [-0.3, -0.25) is 4.90 Å². The third-order valence-electron chi connectivity index (χ3n) is 3.27. The lowest BCUT2D eigenvalue weighted by molar-refractivity contribution is 0.518. The van der Waals surface area contributed by atoms with Crippen molar-refractivity contribution < 1.29 is 4.74 Å². The van der Waals surface area contributed by atoms with E-state index in [1.54, 1.807) is 35.2 Å². The van der Waals surface area contributed by atoms with E-state index in [-0.39, 0.29) is 5.17 Å². The Balaban J connectivity index is 2.01. The predicted octanol–water partition coefficient (Wildman–Crippen LogP) is 4.92. The Bertz CT molecular complexity index is 797. The third kappa shape index (κ3) is 2.61. The van der Waals surface area contributed by atoms with Gasteiger partial charge in [0.15, 0.2) is 5.75 Å². The number of nitrogen functional groups attached to an aromatic ring is 1. The molecule has 2 aromatic carbocycles. The summed E-state index contributed by atoms with van der Waals surface area (Å²) >= 11 is 17.5. The van der Waals surface area contributed by atoms with Crippen LogP contribution in [0, 0.1) is 5.53 Å². The van der Waals surface area contributed by atoms with Crippen LogP contribution >= 0.6 is 35.4 Å². The van der Waals surface area contributed by atoms with E-state index in [1.165, 1.54) is 0 Å². The minimum absolute atomic E-state index is 0.270. The van der Waals surface area contributed by atoms with E-state index in [4.69, 9.17) is 51.4 Å². The first kappa shape index (κ1) is 15.0. The summed E-state index contributed by atoms with van der Waals surface area (Å²) in [6.07, 6.45) is 0. The molecule has 8 heteroatoms. The summed E-state index contributed by atoms with van der Waals surface area (Å²) in [4.78, 5) is 1.77. The Morgan fingerprint density at radius 2 is 2.05 bits per heavy atom. The van der Waals surface area contributed by atoms with Crippen LogP contribution in [0.1, 0.15) is 5.56 Å². The average Bonchev–Trinajstić information content (AvgIpc) is 2.47. The van der Waals surface area contributed by atoms with Crippen molar-refractivity contribution in [2.24, 2.45) is 5.11 Å². The summed E-state index contributed by atoms with van der Waals surface area (Å²) in [5.41, 5.74) is 15.3. The number of benzene rings is 2. The summed E-state index contributed by atoms with van der Waals surface area (Å²) < 4.78 is 5.65. The number of hydrogen-bond acceptors (Lipinski definition) is 5. The number of fused-ring (bicyclic) bond motifs is 1. The topological polar surface area (TPSA) is 74.7 Å². The van der Waals surface area contributed by atoms with E-state index >= 15 is 0 Å². The van der Waals surface area contributed by atoms with E-state index in [9.17, 15) is 0 Å². The van der Waals surface area contributed by atoms with E-state index in [0.717, 1.165) is 11.3 Å². The number of hydrogen-bond donors (Lipinski definition) is 2. The van der Waals surface area contributed by atoms with E-state index in [2.05, 4.69) is 5.11 Å². The first-order chi connectivity index (χ1) is 10.5.